The van der Waals surface area contributed by atoms with Crippen LogP contribution in [0.5, 0.6) is 0 Å². The number of carbonyl (C=O) groups is 1. The summed E-state index contributed by atoms with van der Waals surface area (Å²) in [5.41, 5.74) is 0. The Labute approximate surface area is 241 Å². The van der Waals surface area contributed by atoms with Crippen LogP contribution < -0.4 is 5.32 Å². The average molecular weight is 572 g/mol. The lowest BCUT2D eigenvalue weighted by Gasteiger charge is -2.40. The van der Waals surface area contributed by atoms with Gasteiger partial charge in [0.05, 0.1) is 19.0 Å². The standard InChI is InChI=1S/C28H53N3O5.C2H4O2/c1-2-3-4-5-6-7-8-9-10-11-12-13-14-15-16-17-24-29-18-20-31(24)21-19-30-28-27(35)26(34)25(33)23(22-32)36-28;1-2(3)4/h9-10,23,25-28,30,32-35H,2-8,11-22H2,1H3;1H3,(H,3,4)/b10-9-;. The molecule has 40 heavy (non-hydrogen) atoms. The molecule has 0 aromatic carbocycles. The molecule has 2 rings (SSSR count). The highest BCUT2D eigenvalue weighted by Crippen LogP contribution is 2.20. The van der Waals surface area contributed by atoms with Gasteiger partial charge in [-0.05, 0) is 32.1 Å². The van der Waals surface area contributed by atoms with Gasteiger partial charge in [-0.25, -0.2) is 0 Å². The molecule has 2 heterocycles. The van der Waals surface area contributed by atoms with E-state index >= 15 is 0 Å². The maximum Gasteiger partial charge on any atom is 0.300 e. The van der Waals surface area contributed by atoms with Crippen LogP contribution in [0.1, 0.15) is 104 Å². The van der Waals surface area contributed by atoms with Crippen molar-refractivity contribution in [1.29, 1.82) is 0 Å². The summed E-state index contributed by atoms with van der Waals surface area (Å²) in [6.45, 7) is 5.94. The number of rotatable bonds is 20. The molecule has 5 unspecified atom stereocenters. The number of carboxylic acid groups (broad SMARTS) is 1. The molecule has 2 aliphatic heterocycles. The molecule has 0 aromatic heterocycles. The van der Waals surface area contributed by atoms with Crippen LogP contribution in [0.3, 0.4) is 0 Å². The van der Waals surface area contributed by atoms with Crippen LogP contribution in [-0.2, 0) is 9.53 Å². The number of nitrogens with zero attached hydrogens (tertiary/aromatic N) is 2. The van der Waals surface area contributed by atoms with E-state index in [9.17, 15) is 20.4 Å². The van der Waals surface area contributed by atoms with Gasteiger partial charge in [0.25, 0.3) is 5.97 Å². The van der Waals surface area contributed by atoms with Crippen molar-refractivity contribution in [2.75, 3.05) is 32.8 Å². The lowest BCUT2D eigenvalue weighted by molar-refractivity contribution is -0.236. The second kappa shape index (κ2) is 23.1. The SMILES string of the molecule is CC(=O)O.CCCCCCCC/C=C\CCCCCCCC1=NCCN1CCNC1OC(CO)C(O)C(O)C1O. The average Bonchev–Trinajstić information content (AvgIpc) is 3.37. The maximum absolute atomic E-state index is 10.1. The highest BCUT2D eigenvalue weighted by Gasteiger charge is 2.43. The van der Waals surface area contributed by atoms with Gasteiger partial charge >= 0.3 is 0 Å². The number of aliphatic hydroxyl groups excluding tert-OH is 4. The number of aliphatic imine (C=N–C) groups is 1. The summed E-state index contributed by atoms with van der Waals surface area (Å²) in [6.07, 6.45) is 17.0. The van der Waals surface area contributed by atoms with Crippen LogP contribution in [0, 0.1) is 0 Å². The highest BCUT2D eigenvalue weighted by molar-refractivity contribution is 5.83. The normalized spacial score (nSPS) is 24.7. The Hall–Kier alpha value is -1.56. The number of carboxylic acids is 1. The molecule has 0 radical (unpaired) electrons. The summed E-state index contributed by atoms with van der Waals surface area (Å²) >= 11 is 0. The van der Waals surface area contributed by atoms with E-state index in [4.69, 9.17) is 14.6 Å². The van der Waals surface area contributed by atoms with E-state index in [1.165, 1.54) is 77.0 Å². The Morgan fingerprint density at radius 3 is 2.12 bits per heavy atom. The molecule has 0 spiro atoms. The first-order valence-corrected chi connectivity index (χ1v) is 15.5. The molecular formula is C30H57N3O7. The zero-order valence-electron chi connectivity index (χ0n) is 24.9. The van der Waals surface area contributed by atoms with Crippen LogP contribution >= 0.6 is 0 Å². The Balaban J connectivity index is 0.00000187. The van der Waals surface area contributed by atoms with Gasteiger partial charge in [0, 0.05) is 33.0 Å². The third-order valence-electron chi connectivity index (χ3n) is 7.31. The van der Waals surface area contributed by atoms with Crippen molar-refractivity contribution in [1.82, 2.24) is 10.2 Å². The third-order valence-corrected chi connectivity index (χ3v) is 7.31. The van der Waals surface area contributed by atoms with Crippen molar-refractivity contribution in [3.63, 3.8) is 0 Å². The van der Waals surface area contributed by atoms with E-state index in [0.717, 1.165) is 45.2 Å². The quantitative estimate of drug-likeness (QED) is 0.0954. The first-order chi connectivity index (χ1) is 19.3. The van der Waals surface area contributed by atoms with Gasteiger partial charge in [-0.3, -0.25) is 15.1 Å². The van der Waals surface area contributed by atoms with Crippen molar-refractivity contribution in [2.45, 2.75) is 134 Å². The molecule has 6 N–H and O–H groups in total. The predicted molar refractivity (Wildman–Crippen MR) is 158 cm³/mol. The van der Waals surface area contributed by atoms with Crippen LogP contribution in [-0.4, -0.2) is 106 Å². The molecule has 0 saturated carbocycles. The van der Waals surface area contributed by atoms with E-state index in [0.29, 0.717) is 6.54 Å². The van der Waals surface area contributed by atoms with E-state index in [1.54, 1.807) is 0 Å². The third kappa shape index (κ3) is 16.0. The molecule has 1 saturated heterocycles. The molecule has 0 amide bonds. The second-order valence-corrected chi connectivity index (χ2v) is 10.8. The summed E-state index contributed by atoms with van der Waals surface area (Å²) in [4.78, 5) is 15.9. The van der Waals surface area contributed by atoms with E-state index in [2.05, 4.69) is 34.3 Å². The summed E-state index contributed by atoms with van der Waals surface area (Å²) < 4.78 is 5.51. The Bertz CT molecular complexity index is 701. The van der Waals surface area contributed by atoms with Crippen LogP contribution in [0.2, 0.25) is 0 Å². The smallest absolute Gasteiger partial charge is 0.300 e. The minimum Gasteiger partial charge on any atom is -0.481 e. The molecule has 2 aliphatic rings. The molecule has 10 heteroatoms. The van der Waals surface area contributed by atoms with Gasteiger partial charge in [-0.1, -0.05) is 70.4 Å². The fraction of sp³-hybridized carbons (Fsp3) is 0.867. The van der Waals surface area contributed by atoms with E-state index in [-0.39, 0.29) is 0 Å². The maximum atomic E-state index is 10.1. The minimum absolute atomic E-state index is 0.415. The fourth-order valence-electron chi connectivity index (χ4n) is 4.97. The van der Waals surface area contributed by atoms with Gasteiger partial charge in [-0.15, -0.1) is 0 Å². The largest absolute Gasteiger partial charge is 0.481 e. The molecule has 0 bridgehead atoms. The zero-order valence-corrected chi connectivity index (χ0v) is 24.9. The Kier molecular flexibility index (Phi) is 21.0. The van der Waals surface area contributed by atoms with Gasteiger partial charge in [0.2, 0.25) is 0 Å². The van der Waals surface area contributed by atoms with Gasteiger partial charge < -0.3 is 35.2 Å². The molecule has 5 atom stereocenters. The van der Waals surface area contributed by atoms with E-state index in [1.807, 2.05) is 0 Å². The molecule has 0 aliphatic carbocycles. The number of allylic oxidation sites excluding steroid dienone is 2. The summed E-state index contributed by atoms with van der Waals surface area (Å²) in [5.74, 6) is 0.322. The number of aliphatic carboxylic acids is 1. The molecular weight excluding hydrogens is 514 g/mol. The van der Waals surface area contributed by atoms with Crippen molar-refractivity contribution in [3.8, 4) is 0 Å². The van der Waals surface area contributed by atoms with Gasteiger partial charge in [-0.2, -0.15) is 0 Å². The monoisotopic (exact) mass is 571 g/mol. The molecule has 234 valence electrons. The second-order valence-electron chi connectivity index (χ2n) is 10.8. The summed E-state index contributed by atoms with van der Waals surface area (Å²) in [5, 5.41) is 49.8. The van der Waals surface area contributed by atoms with E-state index < -0.39 is 43.2 Å². The lowest BCUT2D eigenvalue weighted by atomic mass is 9.98. The predicted octanol–water partition coefficient (Wildman–Crippen LogP) is 3.22. The number of ether oxygens (including phenoxy) is 1. The van der Waals surface area contributed by atoms with Crippen LogP contribution in [0.25, 0.3) is 0 Å². The number of amidine groups is 1. The van der Waals surface area contributed by atoms with Crippen molar-refractivity contribution in [3.05, 3.63) is 12.2 Å². The minimum atomic E-state index is -1.35. The number of hydrogen-bond acceptors (Lipinski definition) is 9. The number of nitrogens with one attached hydrogen (secondary N) is 1. The van der Waals surface area contributed by atoms with Gasteiger partial charge in [0.15, 0.2) is 0 Å². The summed E-state index contributed by atoms with van der Waals surface area (Å²) in [6, 6.07) is 0. The Morgan fingerprint density at radius 1 is 0.950 bits per heavy atom. The Morgan fingerprint density at radius 2 is 1.52 bits per heavy atom. The van der Waals surface area contributed by atoms with Crippen molar-refractivity contribution < 1.29 is 35.1 Å². The zero-order chi connectivity index (χ0) is 29.6. The number of aliphatic hydroxyl groups is 4. The van der Waals surface area contributed by atoms with Crippen LogP contribution in [0.15, 0.2) is 17.1 Å². The topological polar surface area (TPSA) is 155 Å². The summed E-state index contributed by atoms with van der Waals surface area (Å²) in [7, 11) is 0. The van der Waals surface area contributed by atoms with Crippen molar-refractivity contribution >= 4 is 11.8 Å². The lowest BCUT2D eigenvalue weighted by Crippen LogP contribution is -2.62. The first-order valence-electron chi connectivity index (χ1n) is 15.5. The first kappa shape index (κ1) is 36.5. The number of hydrogen-bond donors (Lipinski definition) is 6. The molecule has 0 aromatic rings. The number of unbranched alkanes of at least 4 members (excludes halogenated alkanes) is 11. The van der Waals surface area contributed by atoms with Crippen molar-refractivity contribution in [2.24, 2.45) is 4.99 Å². The highest BCUT2D eigenvalue weighted by atomic mass is 16.6. The molecule has 10 nitrogen and oxygen atoms in total. The molecule has 1 fully saturated rings. The van der Waals surface area contributed by atoms with Crippen LogP contribution in [0.4, 0.5) is 0 Å². The van der Waals surface area contributed by atoms with Gasteiger partial charge in [0.1, 0.15) is 30.6 Å². The fourth-order valence-corrected chi connectivity index (χ4v) is 4.97.